The van der Waals surface area contributed by atoms with Crippen LogP contribution in [0.3, 0.4) is 0 Å². The van der Waals surface area contributed by atoms with Gasteiger partial charge in [0.1, 0.15) is 0 Å². The van der Waals surface area contributed by atoms with Crippen LogP contribution in [0.15, 0.2) is 48.5 Å². The van der Waals surface area contributed by atoms with Crippen molar-refractivity contribution in [2.45, 2.75) is 50.6 Å². The van der Waals surface area contributed by atoms with Crippen LogP contribution in [0.2, 0.25) is 10.0 Å². The number of rotatable bonds is 9. The van der Waals surface area contributed by atoms with Crippen LogP contribution >= 0.6 is 23.2 Å². The van der Waals surface area contributed by atoms with Crippen LogP contribution in [0.1, 0.15) is 55.7 Å². The Kier molecular flexibility index (Phi) is 8.51. The van der Waals surface area contributed by atoms with E-state index in [1.807, 2.05) is 30.3 Å². The highest BCUT2D eigenvalue weighted by molar-refractivity contribution is 7.89. The number of sulfonamides is 1. The zero-order chi connectivity index (χ0) is 28.7. The highest BCUT2D eigenvalue weighted by Crippen LogP contribution is 2.54. The summed E-state index contributed by atoms with van der Waals surface area (Å²) in [6.45, 7) is 2.90. The molecule has 8 nitrogen and oxygen atoms in total. The maximum absolute atomic E-state index is 14.5. The van der Waals surface area contributed by atoms with E-state index in [1.165, 1.54) is 4.31 Å². The average Bonchev–Trinajstić information content (AvgIpc) is 3.75. The van der Waals surface area contributed by atoms with Crippen molar-refractivity contribution in [3.63, 3.8) is 0 Å². The van der Waals surface area contributed by atoms with Gasteiger partial charge in [-0.15, -0.1) is 0 Å². The van der Waals surface area contributed by atoms with Gasteiger partial charge in [0.15, 0.2) is 0 Å². The van der Waals surface area contributed by atoms with Crippen molar-refractivity contribution in [2.75, 3.05) is 32.1 Å². The first-order valence-electron chi connectivity index (χ1n) is 13.6. The van der Waals surface area contributed by atoms with Crippen LogP contribution in [0.25, 0.3) is 0 Å². The van der Waals surface area contributed by atoms with E-state index in [4.69, 9.17) is 27.9 Å². The number of hydrogen-bond acceptors (Lipinski definition) is 5. The highest BCUT2D eigenvalue weighted by Gasteiger charge is 2.55. The Morgan fingerprint density at radius 1 is 1.07 bits per heavy atom. The molecule has 3 aliphatic rings. The Hall–Kier alpha value is -2.17. The lowest BCUT2D eigenvalue weighted by Gasteiger charge is -2.52. The maximum Gasteiger partial charge on any atom is 0.304 e. The summed E-state index contributed by atoms with van der Waals surface area (Å²) < 4.78 is 34.2. The zero-order valence-electron chi connectivity index (χ0n) is 22.3. The van der Waals surface area contributed by atoms with Crippen molar-refractivity contribution in [3.8, 4) is 0 Å². The molecule has 11 heteroatoms. The van der Waals surface area contributed by atoms with E-state index in [0.717, 1.165) is 24.0 Å². The number of likely N-dealkylation sites (tertiary alicyclic amines) is 1. The second-order valence-electron chi connectivity index (χ2n) is 11.4. The van der Waals surface area contributed by atoms with Crippen molar-refractivity contribution < 1.29 is 27.9 Å². The molecule has 1 amide bonds. The average molecular weight is 610 g/mol. The number of morpholine rings is 1. The van der Waals surface area contributed by atoms with Gasteiger partial charge >= 0.3 is 5.97 Å². The van der Waals surface area contributed by atoms with Gasteiger partial charge in [-0.1, -0.05) is 54.4 Å². The molecular formula is C29H34Cl2N2O6S. The van der Waals surface area contributed by atoms with E-state index in [2.05, 4.69) is 0 Å². The molecule has 2 saturated heterocycles. The second-order valence-corrected chi connectivity index (χ2v) is 14.3. The molecule has 4 atom stereocenters. The fourth-order valence-electron chi connectivity index (χ4n) is 6.32. The molecular weight excluding hydrogens is 575 g/mol. The lowest BCUT2D eigenvalue weighted by atomic mass is 9.67. The minimum absolute atomic E-state index is 0.00163. The number of carboxylic acids is 1. The Bertz CT molecular complexity index is 1360. The number of amides is 1. The molecule has 2 aromatic rings. The van der Waals surface area contributed by atoms with Crippen molar-refractivity contribution in [1.29, 1.82) is 0 Å². The van der Waals surface area contributed by atoms with Gasteiger partial charge < -0.3 is 14.7 Å². The lowest BCUT2D eigenvalue weighted by Crippen LogP contribution is -2.59. The highest BCUT2D eigenvalue weighted by atomic mass is 35.5. The topological polar surface area (TPSA) is 104 Å². The number of piperidine rings is 1. The summed E-state index contributed by atoms with van der Waals surface area (Å²) in [4.78, 5) is 28.3. The zero-order valence-corrected chi connectivity index (χ0v) is 24.7. The molecule has 216 valence electrons. The van der Waals surface area contributed by atoms with Gasteiger partial charge in [0, 0.05) is 29.1 Å². The monoisotopic (exact) mass is 608 g/mol. The minimum Gasteiger partial charge on any atom is -0.481 e. The summed E-state index contributed by atoms with van der Waals surface area (Å²) in [7, 11) is -3.72. The fourth-order valence-corrected chi connectivity index (χ4v) is 8.42. The van der Waals surface area contributed by atoms with Crippen molar-refractivity contribution in [2.24, 2.45) is 11.3 Å². The summed E-state index contributed by atoms with van der Waals surface area (Å²) >= 11 is 12.6. The fraction of sp³-hybridized carbons (Fsp3) is 0.517. The molecule has 0 bridgehead atoms. The van der Waals surface area contributed by atoms with Crippen molar-refractivity contribution in [1.82, 2.24) is 9.21 Å². The van der Waals surface area contributed by atoms with Gasteiger partial charge in [0.05, 0.1) is 42.9 Å². The first-order chi connectivity index (χ1) is 19.0. The molecule has 2 aromatic carbocycles. The number of hydrogen-bond donors (Lipinski definition) is 1. The van der Waals surface area contributed by atoms with Crippen LogP contribution in [0.5, 0.6) is 0 Å². The Labute approximate surface area is 245 Å². The number of carbonyl (C=O) groups is 2. The number of carboxylic acid groups (broad SMARTS) is 1. The summed E-state index contributed by atoms with van der Waals surface area (Å²) in [5.74, 6) is -1.95. The van der Waals surface area contributed by atoms with E-state index in [1.54, 1.807) is 30.0 Å². The smallest absolute Gasteiger partial charge is 0.304 e. The lowest BCUT2D eigenvalue weighted by molar-refractivity contribution is -0.160. The van der Waals surface area contributed by atoms with Crippen LogP contribution in [-0.4, -0.2) is 72.7 Å². The molecule has 1 aliphatic carbocycles. The molecule has 0 radical (unpaired) electrons. The molecule has 0 spiro atoms. The third-order valence-electron chi connectivity index (χ3n) is 8.40. The Morgan fingerprint density at radius 2 is 1.75 bits per heavy atom. The third kappa shape index (κ3) is 6.19. The van der Waals surface area contributed by atoms with Gasteiger partial charge in [0.25, 0.3) is 0 Å². The molecule has 3 fully saturated rings. The number of nitrogens with zero attached hydrogens (tertiary/aromatic N) is 2. The molecule has 1 saturated carbocycles. The number of halogens is 2. The van der Waals surface area contributed by atoms with Crippen LogP contribution < -0.4 is 0 Å². The van der Waals surface area contributed by atoms with Gasteiger partial charge in [0.2, 0.25) is 15.9 Å². The summed E-state index contributed by atoms with van der Waals surface area (Å²) in [5, 5.41) is 10.9. The standard InChI is InChI=1S/C29H34Cl2N2O6S/c1-29(17-26(34)35)16-24(21-3-2-4-23(31)15-21)27(20-7-9-22(30)10-8-20)33(28(29)36)25(19-5-6-19)18-40(37,38)32-11-13-39-14-12-32/h2-4,7-10,15,19,24-25,27H,5-6,11-14,16-18H2,1H3,(H,34,35)/t24-,25?,27-,29-/m1/s1. The van der Waals surface area contributed by atoms with E-state index in [-0.39, 0.29) is 49.4 Å². The maximum atomic E-state index is 14.5. The first kappa shape index (κ1) is 29.3. The summed E-state index contributed by atoms with van der Waals surface area (Å²) in [6, 6.07) is 13.5. The molecule has 1 unspecified atom stereocenters. The predicted molar refractivity (Wildman–Crippen MR) is 153 cm³/mol. The number of benzene rings is 2. The van der Waals surface area contributed by atoms with Crippen molar-refractivity contribution >= 4 is 45.1 Å². The van der Waals surface area contributed by atoms with Crippen molar-refractivity contribution in [3.05, 3.63) is 69.7 Å². The quantitative estimate of drug-likeness (QED) is 0.431. The van der Waals surface area contributed by atoms with Gasteiger partial charge in [-0.3, -0.25) is 9.59 Å². The molecule has 40 heavy (non-hydrogen) atoms. The van der Waals surface area contributed by atoms with E-state index in [0.29, 0.717) is 23.3 Å². The number of carbonyl (C=O) groups excluding carboxylic acids is 1. The van der Waals surface area contributed by atoms with Crippen LogP contribution in [-0.2, 0) is 24.3 Å². The van der Waals surface area contributed by atoms with Gasteiger partial charge in [-0.25, -0.2) is 8.42 Å². The van der Waals surface area contributed by atoms with Gasteiger partial charge in [-0.2, -0.15) is 4.31 Å². The molecule has 1 N–H and O–H groups in total. The third-order valence-corrected chi connectivity index (χ3v) is 10.8. The number of aliphatic carboxylic acids is 1. The van der Waals surface area contributed by atoms with E-state index in [9.17, 15) is 23.1 Å². The SMILES string of the molecule is C[C@]1(CC(=O)O)C[C@H](c2cccc(Cl)c2)[C@@H](c2ccc(Cl)cc2)N(C(CS(=O)(=O)N2CCOCC2)C2CC2)C1=O. The predicted octanol–water partition coefficient (Wildman–Crippen LogP) is 4.97. The summed E-state index contributed by atoms with van der Waals surface area (Å²) in [5.41, 5.74) is 0.444. The summed E-state index contributed by atoms with van der Waals surface area (Å²) in [6.07, 6.45) is 1.52. The first-order valence-corrected chi connectivity index (χ1v) is 16.0. The normalized spacial score (nSPS) is 27.0. The number of ether oxygens (including phenoxy) is 1. The van der Waals surface area contributed by atoms with E-state index >= 15 is 0 Å². The minimum atomic E-state index is -3.72. The molecule has 0 aromatic heterocycles. The van der Waals surface area contributed by atoms with E-state index < -0.39 is 33.5 Å². The van der Waals surface area contributed by atoms with Gasteiger partial charge in [-0.05, 0) is 60.6 Å². The molecule has 2 aliphatic heterocycles. The molecule has 2 heterocycles. The Balaban J connectivity index is 1.65. The second kappa shape index (κ2) is 11.6. The van der Waals surface area contributed by atoms with Crippen LogP contribution in [0.4, 0.5) is 0 Å². The Morgan fingerprint density at radius 3 is 2.35 bits per heavy atom. The van der Waals surface area contributed by atoms with Crippen LogP contribution in [0, 0.1) is 11.3 Å². The largest absolute Gasteiger partial charge is 0.481 e. The molecule has 5 rings (SSSR count).